The molecule has 0 unspecified atom stereocenters. The molecule has 0 spiro atoms. The molecule has 126 heavy (non-hydrogen) atoms. The number of pyridine rings is 7. The number of thioether (sulfide) groups is 8. The number of ether oxygens (including phenoxy) is 1. The third kappa shape index (κ3) is 18.5. The van der Waals surface area contributed by atoms with Crippen LogP contribution in [-0.2, 0) is 41.1 Å². The van der Waals surface area contributed by atoms with Crippen molar-refractivity contribution < 1.29 is 36.7 Å². The van der Waals surface area contributed by atoms with Gasteiger partial charge in [-0.3, -0.25) is 0 Å². The SMILES string of the molecule is COc1cccc2c1SC[n+]1ccccc1-2.CSc1cccc2c1SC[n+]1ccccc1-2.C[Si](C)(C)c1cccc2c1SC[n+]1ccccc1-2.Cc1cccc2[n+]1CSc1c-2cccc1[Si](C)(c1ccccc1)c1ccccc1.Cc1cccc2c1SC[n+]1c(C)cccc1-2.Cc1cccc2c1SC[n+]1c(C)cccc1-2.Cc1cccc2c1SC[n+]1ccccc1-2. The molecule has 0 radical (unpaired) electrons. The zero-order valence-electron chi connectivity index (χ0n) is 73.6. The van der Waals surface area contributed by atoms with Crippen LogP contribution in [0.1, 0.15) is 33.8 Å². The minimum atomic E-state index is -2.12. The molecular weight excluding hydrogens is 1720 g/mol. The van der Waals surface area contributed by atoms with Gasteiger partial charge in [-0.05, 0) is 162 Å². The second kappa shape index (κ2) is 39.8. The second-order valence-electron chi connectivity index (χ2n) is 33.1. The fourth-order valence-electron chi connectivity index (χ4n) is 17.4. The fraction of sp³-hybridized carbons (Fsp3) is 0.176. The summed E-state index contributed by atoms with van der Waals surface area (Å²) in [7, 11) is -1.66. The van der Waals surface area contributed by atoms with Crippen molar-refractivity contribution >= 4 is 131 Å². The molecule has 18 heteroatoms. The number of nitrogens with zero attached hydrogens (tertiary/aromatic N) is 7. The Balaban J connectivity index is 0.000000105. The topological polar surface area (TPSA) is 36.4 Å². The van der Waals surface area contributed by atoms with Crippen LogP contribution in [0.5, 0.6) is 5.75 Å². The molecule has 0 saturated carbocycles. The summed E-state index contributed by atoms with van der Waals surface area (Å²) in [6.07, 6.45) is 10.7. The lowest BCUT2D eigenvalue weighted by atomic mass is 10.1. The number of methoxy groups -OCH3 is 1. The van der Waals surface area contributed by atoms with E-state index in [1.165, 1.54) is 167 Å². The molecule has 0 aliphatic carbocycles. The van der Waals surface area contributed by atoms with E-state index >= 15 is 0 Å². The van der Waals surface area contributed by atoms with Gasteiger partial charge in [0.15, 0.2) is 83.0 Å². The molecule has 7 aliphatic rings. The lowest BCUT2D eigenvalue weighted by Crippen LogP contribution is -2.65. The highest BCUT2D eigenvalue weighted by atomic mass is 32.2. The van der Waals surface area contributed by atoms with Crippen molar-refractivity contribution in [2.24, 2.45) is 0 Å². The smallest absolute Gasteiger partial charge is 0.214 e. The van der Waals surface area contributed by atoms with E-state index in [0.717, 1.165) is 46.9 Å². The van der Waals surface area contributed by atoms with Gasteiger partial charge in [0, 0.05) is 140 Å². The summed E-state index contributed by atoms with van der Waals surface area (Å²) in [4.78, 5) is 11.3. The van der Waals surface area contributed by atoms with Gasteiger partial charge in [-0.1, -0.05) is 242 Å². The van der Waals surface area contributed by atoms with Crippen LogP contribution in [0.25, 0.3) is 78.8 Å². The van der Waals surface area contributed by atoms with Crippen LogP contribution < -0.4 is 57.5 Å². The van der Waals surface area contributed by atoms with Crippen molar-refractivity contribution in [1.82, 2.24) is 0 Å². The number of benzene rings is 9. The number of fused-ring (bicyclic) bond motifs is 21. The molecule has 9 aromatic carbocycles. The van der Waals surface area contributed by atoms with Crippen LogP contribution in [0.3, 0.4) is 0 Å². The molecule has 23 rings (SSSR count). The molecule has 0 N–H and O–H groups in total. The summed E-state index contributed by atoms with van der Waals surface area (Å²) in [6, 6.07) is 114. The normalized spacial score (nSPS) is 13.1. The van der Waals surface area contributed by atoms with E-state index < -0.39 is 16.1 Å². The first-order valence-corrected chi connectivity index (χ1v) is 56.9. The van der Waals surface area contributed by atoms with Gasteiger partial charge in [-0.15, -0.1) is 11.8 Å². The molecule has 0 atom stereocenters. The van der Waals surface area contributed by atoms with E-state index in [9.17, 15) is 0 Å². The maximum atomic E-state index is 5.40. The van der Waals surface area contributed by atoms with Crippen molar-refractivity contribution in [2.45, 2.75) is 148 Å². The molecular formula is C108H106N7OS8Si2+7. The van der Waals surface area contributed by atoms with Gasteiger partial charge in [0.2, 0.25) is 39.9 Å². The summed E-state index contributed by atoms with van der Waals surface area (Å²) in [6.45, 7) is 22.9. The Labute approximate surface area is 780 Å². The summed E-state index contributed by atoms with van der Waals surface area (Å²) in [5, 5.41) is 6.04. The average molecular weight is 1830 g/mol. The van der Waals surface area contributed by atoms with Gasteiger partial charge < -0.3 is 4.74 Å². The van der Waals surface area contributed by atoms with E-state index in [1.807, 2.05) is 106 Å². The van der Waals surface area contributed by atoms with E-state index in [0.29, 0.717) is 0 Å². The summed E-state index contributed by atoms with van der Waals surface area (Å²) >= 11 is 15.3. The third-order valence-electron chi connectivity index (χ3n) is 24.1. The third-order valence-corrected chi connectivity index (χ3v) is 40.1. The first-order chi connectivity index (χ1) is 61.5. The minimum absolute atomic E-state index is 0.948. The van der Waals surface area contributed by atoms with E-state index in [4.69, 9.17) is 4.74 Å². The maximum absolute atomic E-state index is 5.40. The molecule has 8 nitrogen and oxygen atoms in total. The summed E-state index contributed by atoms with van der Waals surface area (Å²) < 4.78 is 21.8. The average Bonchev–Trinajstić information content (AvgIpc) is 0.735. The predicted octanol–water partition coefficient (Wildman–Crippen LogP) is 23.2. The number of hydrogen-bond acceptors (Lipinski definition) is 9. The number of aromatic nitrogens is 7. The van der Waals surface area contributed by atoms with E-state index in [2.05, 4.69) is 434 Å². The maximum Gasteiger partial charge on any atom is 0.214 e. The van der Waals surface area contributed by atoms with Gasteiger partial charge in [-0.25, -0.2) is 0 Å². The van der Waals surface area contributed by atoms with Gasteiger partial charge in [0.1, 0.15) is 13.8 Å². The number of rotatable bonds is 6. The lowest BCUT2D eigenvalue weighted by molar-refractivity contribution is -0.672. The zero-order valence-corrected chi connectivity index (χ0v) is 82.1. The molecule has 628 valence electrons. The van der Waals surface area contributed by atoms with Crippen molar-refractivity contribution in [3.63, 3.8) is 0 Å². The van der Waals surface area contributed by atoms with E-state index in [-0.39, 0.29) is 0 Å². The molecule has 0 saturated heterocycles. The first-order valence-electron chi connectivity index (χ1n) is 42.8. The largest absolute Gasteiger partial charge is 0.496 e. The highest BCUT2D eigenvalue weighted by Crippen LogP contribution is 2.45. The second-order valence-corrected chi connectivity index (χ2v) is 49.6. The predicted molar refractivity (Wildman–Crippen MR) is 539 cm³/mol. The number of hydrogen-bond donors (Lipinski definition) is 0. The van der Waals surface area contributed by atoms with Crippen LogP contribution in [0.2, 0.25) is 26.2 Å². The Morgan fingerprint density at radius 2 is 0.548 bits per heavy atom. The summed E-state index contributed by atoms with van der Waals surface area (Å²) in [5.41, 5.74) is 26.9. The lowest BCUT2D eigenvalue weighted by Gasteiger charge is -2.32. The van der Waals surface area contributed by atoms with Crippen molar-refractivity contribution in [3.8, 4) is 84.6 Å². The molecule has 0 bridgehead atoms. The Bertz CT molecular complexity index is 6360. The Kier molecular flexibility index (Phi) is 27.8. The van der Waals surface area contributed by atoms with Crippen molar-refractivity contribution in [1.29, 1.82) is 0 Å². The standard InChI is InChI=1S/C26H24NSSi.C15H18NSSi.2C14H14NS.C13H12NOS.C13H12NS2.C13H12NS/c1-20-11-9-17-24-23-16-10-18-25(26(23)28-19-27(20)24)29(2,21-12-5-3-6-13-21)22-14-7-4-8-15-22;1-18(2,3)14-9-6-7-12-13-8-4-5-10-16(13)11-17-15(12)14;2*1-10-5-3-7-12-13-8-4-6-11(2)15(13)9-16-14(10)12;2*1-15-12-7-4-5-10-11-6-2-3-8-14(11)9-16-13(10)12;1-10-5-4-6-11-12-7-2-3-8-14(12)9-15-13(10)11/h3-18H,19H2,1-2H3;4-10H,11H2,1-3H3;2*3-8H,9H2,1-2H3;2*2-8H,9H2,1H3;2-8H,9H2,1H3/q7*+1. The highest BCUT2D eigenvalue weighted by Gasteiger charge is 2.40. The molecule has 7 aliphatic heterocycles. The van der Waals surface area contributed by atoms with Crippen molar-refractivity contribution in [2.75, 3.05) is 13.4 Å². The van der Waals surface area contributed by atoms with E-state index in [1.54, 1.807) is 12.3 Å². The minimum Gasteiger partial charge on any atom is -0.496 e. The van der Waals surface area contributed by atoms with Crippen molar-refractivity contribution in [3.05, 3.63) is 374 Å². The molecule has 0 fully saturated rings. The fourth-order valence-corrected chi connectivity index (χ4v) is 33.3. The first kappa shape index (κ1) is 88.1. The summed E-state index contributed by atoms with van der Waals surface area (Å²) in [5.74, 6) is 8.01. The van der Waals surface area contributed by atoms with Gasteiger partial charge in [0.05, 0.1) is 59.0 Å². The Morgan fingerprint density at radius 3 is 0.952 bits per heavy atom. The highest BCUT2D eigenvalue weighted by molar-refractivity contribution is 8.01. The van der Waals surface area contributed by atoms with Crippen LogP contribution in [-0.4, -0.2) is 29.5 Å². The van der Waals surface area contributed by atoms with Gasteiger partial charge in [0.25, 0.3) is 0 Å². The molecule has 14 heterocycles. The Morgan fingerprint density at radius 1 is 0.262 bits per heavy atom. The van der Waals surface area contributed by atoms with Crippen LogP contribution in [0, 0.1) is 41.5 Å². The monoisotopic (exact) mass is 1830 g/mol. The quantitative estimate of drug-likeness (QED) is 0.0700. The molecule has 0 amide bonds. The van der Waals surface area contributed by atoms with Gasteiger partial charge in [-0.2, -0.15) is 32.0 Å². The molecule has 16 aromatic rings. The Hall–Kier alpha value is -9.94. The molecule has 7 aromatic heterocycles. The number of aryl methyl sites for hydroxylation is 6. The van der Waals surface area contributed by atoms with Gasteiger partial charge >= 0.3 is 0 Å². The van der Waals surface area contributed by atoms with Crippen LogP contribution >= 0.6 is 94.1 Å². The van der Waals surface area contributed by atoms with Crippen LogP contribution in [0.4, 0.5) is 0 Å². The van der Waals surface area contributed by atoms with Crippen LogP contribution in [0.15, 0.2) is 379 Å². The zero-order chi connectivity index (χ0) is 87.0.